The molecule has 0 saturated carbocycles. The fraction of sp³-hybridized carbons (Fsp3) is 0.154. The quantitative estimate of drug-likeness (QED) is 0.677. The van der Waals surface area contributed by atoms with Crippen LogP contribution < -0.4 is 5.73 Å². The number of anilines is 1. The molecule has 0 amide bonds. The van der Waals surface area contributed by atoms with E-state index in [1.165, 1.54) is 0 Å². The van der Waals surface area contributed by atoms with Gasteiger partial charge in [0.25, 0.3) is 0 Å². The van der Waals surface area contributed by atoms with Crippen LogP contribution in [0.4, 0.5) is 5.69 Å². The van der Waals surface area contributed by atoms with Gasteiger partial charge in [-0.3, -0.25) is 4.98 Å². The largest absolute Gasteiger partial charge is 0.398 e. The minimum Gasteiger partial charge on any atom is -0.398 e. The fourth-order valence-electron chi connectivity index (χ4n) is 1.48. The van der Waals surface area contributed by atoms with Crippen molar-refractivity contribution in [2.75, 3.05) is 11.5 Å². The molecule has 2 aromatic rings. The van der Waals surface area contributed by atoms with Gasteiger partial charge in [-0.1, -0.05) is 23.7 Å². The van der Waals surface area contributed by atoms with Crippen molar-refractivity contribution < 1.29 is 0 Å². The summed E-state index contributed by atoms with van der Waals surface area (Å²) in [6, 6.07) is 11.5. The standard InChI is InChI=1S/C13H13ClN2S/c14-11-5-3-6-12(15)13(11)17-9-7-10-4-1-2-8-16-10/h1-6,8H,7,9,15H2. The Hall–Kier alpha value is -1.19. The molecule has 0 spiro atoms. The fourth-order valence-corrected chi connectivity index (χ4v) is 2.78. The molecule has 0 fully saturated rings. The Balaban J connectivity index is 1.95. The number of hydrogen-bond acceptors (Lipinski definition) is 3. The lowest BCUT2D eigenvalue weighted by Gasteiger charge is -2.07. The van der Waals surface area contributed by atoms with E-state index in [4.69, 9.17) is 17.3 Å². The van der Waals surface area contributed by atoms with Gasteiger partial charge in [0.05, 0.1) is 5.02 Å². The molecule has 1 aromatic heterocycles. The van der Waals surface area contributed by atoms with E-state index in [9.17, 15) is 0 Å². The summed E-state index contributed by atoms with van der Waals surface area (Å²) in [7, 11) is 0. The zero-order valence-corrected chi connectivity index (χ0v) is 10.8. The summed E-state index contributed by atoms with van der Waals surface area (Å²) in [6.07, 6.45) is 2.72. The van der Waals surface area contributed by atoms with E-state index in [1.807, 2.05) is 42.6 Å². The van der Waals surface area contributed by atoms with Crippen molar-refractivity contribution in [2.24, 2.45) is 0 Å². The summed E-state index contributed by atoms with van der Waals surface area (Å²) < 4.78 is 0. The third kappa shape index (κ3) is 3.38. The van der Waals surface area contributed by atoms with Crippen LogP contribution in [-0.2, 0) is 6.42 Å². The first-order valence-corrected chi connectivity index (χ1v) is 6.70. The number of pyridine rings is 1. The van der Waals surface area contributed by atoms with Crippen molar-refractivity contribution in [2.45, 2.75) is 11.3 Å². The molecule has 0 aliphatic heterocycles. The molecule has 2 N–H and O–H groups in total. The molecular formula is C13H13ClN2S. The summed E-state index contributed by atoms with van der Waals surface area (Å²) in [5.41, 5.74) is 7.71. The molecule has 2 rings (SSSR count). The van der Waals surface area contributed by atoms with Crippen LogP contribution in [0.3, 0.4) is 0 Å². The van der Waals surface area contributed by atoms with Crippen LogP contribution in [0.15, 0.2) is 47.5 Å². The number of thioether (sulfide) groups is 1. The molecule has 0 saturated heterocycles. The highest BCUT2D eigenvalue weighted by atomic mass is 35.5. The molecule has 2 nitrogen and oxygen atoms in total. The number of hydrogen-bond donors (Lipinski definition) is 1. The topological polar surface area (TPSA) is 38.9 Å². The van der Waals surface area contributed by atoms with Crippen LogP contribution in [0.1, 0.15) is 5.69 Å². The van der Waals surface area contributed by atoms with Gasteiger partial charge in [0.2, 0.25) is 0 Å². The summed E-state index contributed by atoms with van der Waals surface area (Å²) in [4.78, 5) is 5.24. The van der Waals surface area contributed by atoms with Gasteiger partial charge in [-0.2, -0.15) is 0 Å². The van der Waals surface area contributed by atoms with Gasteiger partial charge in [0.1, 0.15) is 0 Å². The summed E-state index contributed by atoms with van der Waals surface area (Å²) >= 11 is 7.77. The Bertz CT molecular complexity index is 468. The first-order chi connectivity index (χ1) is 8.27. The summed E-state index contributed by atoms with van der Waals surface area (Å²) in [6.45, 7) is 0. The van der Waals surface area contributed by atoms with Crippen LogP contribution in [0.25, 0.3) is 0 Å². The molecule has 0 aliphatic rings. The minimum atomic E-state index is 0.719. The monoisotopic (exact) mass is 264 g/mol. The third-order valence-corrected chi connectivity index (χ3v) is 3.91. The van der Waals surface area contributed by atoms with Crippen molar-refractivity contribution in [3.05, 3.63) is 53.3 Å². The summed E-state index contributed by atoms with van der Waals surface area (Å²) in [5, 5.41) is 0.719. The molecule has 4 heteroatoms. The number of rotatable bonds is 4. The molecule has 0 unspecified atom stereocenters. The molecule has 0 radical (unpaired) electrons. The SMILES string of the molecule is Nc1cccc(Cl)c1SCCc1ccccn1. The summed E-state index contributed by atoms with van der Waals surface area (Å²) in [5.74, 6) is 0.922. The van der Waals surface area contributed by atoms with Crippen LogP contribution in [0.5, 0.6) is 0 Å². The number of aromatic nitrogens is 1. The average molecular weight is 265 g/mol. The number of nitrogens with two attached hydrogens (primary N) is 1. The highest BCUT2D eigenvalue weighted by Gasteiger charge is 2.05. The normalized spacial score (nSPS) is 10.4. The van der Waals surface area contributed by atoms with E-state index in [1.54, 1.807) is 11.8 Å². The molecule has 0 atom stereocenters. The lowest BCUT2D eigenvalue weighted by Crippen LogP contribution is -1.94. The average Bonchev–Trinajstić information content (AvgIpc) is 2.34. The zero-order chi connectivity index (χ0) is 12.1. The van der Waals surface area contributed by atoms with E-state index in [-0.39, 0.29) is 0 Å². The molecule has 17 heavy (non-hydrogen) atoms. The van der Waals surface area contributed by atoms with E-state index < -0.39 is 0 Å². The van der Waals surface area contributed by atoms with Gasteiger partial charge >= 0.3 is 0 Å². The van der Waals surface area contributed by atoms with E-state index in [2.05, 4.69) is 4.98 Å². The highest BCUT2D eigenvalue weighted by molar-refractivity contribution is 7.99. The predicted molar refractivity (Wildman–Crippen MR) is 74.5 cm³/mol. The highest BCUT2D eigenvalue weighted by Crippen LogP contribution is 2.32. The number of aryl methyl sites for hydroxylation is 1. The Labute approximate surface area is 110 Å². The molecule has 1 aromatic carbocycles. The second-order valence-electron chi connectivity index (χ2n) is 3.58. The maximum Gasteiger partial charge on any atom is 0.0562 e. The van der Waals surface area contributed by atoms with Crippen LogP contribution >= 0.6 is 23.4 Å². The number of benzene rings is 1. The molecule has 0 aliphatic carbocycles. The number of nitrogens with zero attached hydrogens (tertiary/aromatic N) is 1. The van der Waals surface area contributed by atoms with E-state index in [0.29, 0.717) is 0 Å². The second kappa shape index (κ2) is 5.94. The molecule has 88 valence electrons. The van der Waals surface area contributed by atoms with Crippen molar-refractivity contribution in [3.8, 4) is 0 Å². The lowest BCUT2D eigenvalue weighted by molar-refractivity contribution is 1.05. The Morgan fingerprint density at radius 1 is 1.18 bits per heavy atom. The first-order valence-electron chi connectivity index (χ1n) is 5.34. The van der Waals surface area contributed by atoms with Crippen molar-refractivity contribution in [1.82, 2.24) is 4.98 Å². The maximum absolute atomic E-state index is 6.09. The van der Waals surface area contributed by atoms with Gasteiger partial charge < -0.3 is 5.73 Å². The van der Waals surface area contributed by atoms with Gasteiger partial charge in [-0.05, 0) is 30.7 Å². The van der Waals surface area contributed by atoms with Gasteiger partial charge in [0.15, 0.2) is 0 Å². The number of nitrogen functional groups attached to an aromatic ring is 1. The molecule has 1 heterocycles. The Kier molecular flexibility index (Phi) is 4.29. The molecular weight excluding hydrogens is 252 g/mol. The number of halogens is 1. The van der Waals surface area contributed by atoms with Crippen LogP contribution in [0.2, 0.25) is 5.02 Å². The molecule has 0 bridgehead atoms. The van der Waals surface area contributed by atoms with Crippen LogP contribution in [0, 0.1) is 0 Å². The Morgan fingerprint density at radius 3 is 2.76 bits per heavy atom. The van der Waals surface area contributed by atoms with E-state index in [0.717, 1.165) is 33.5 Å². The van der Waals surface area contributed by atoms with Gasteiger partial charge in [-0.25, -0.2) is 0 Å². The Morgan fingerprint density at radius 2 is 2.06 bits per heavy atom. The van der Waals surface area contributed by atoms with Crippen LogP contribution in [-0.4, -0.2) is 10.7 Å². The van der Waals surface area contributed by atoms with Gasteiger partial charge in [-0.15, -0.1) is 11.8 Å². The van der Waals surface area contributed by atoms with Crippen molar-refractivity contribution in [3.63, 3.8) is 0 Å². The second-order valence-corrected chi connectivity index (χ2v) is 5.09. The third-order valence-electron chi connectivity index (χ3n) is 2.33. The maximum atomic E-state index is 6.09. The zero-order valence-electron chi connectivity index (χ0n) is 9.27. The van der Waals surface area contributed by atoms with Gasteiger partial charge in [0, 0.05) is 28.2 Å². The van der Waals surface area contributed by atoms with Crippen molar-refractivity contribution in [1.29, 1.82) is 0 Å². The predicted octanol–water partition coefficient (Wildman–Crippen LogP) is 3.65. The smallest absolute Gasteiger partial charge is 0.0562 e. The lowest BCUT2D eigenvalue weighted by atomic mass is 10.3. The van der Waals surface area contributed by atoms with E-state index >= 15 is 0 Å². The minimum absolute atomic E-state index is 0.719. The van der Waals surface area contributed by atoms with Crippen molar-refractivity contribution >= 4 is 29.1 Å². The first kappa shape index (κ1) is 12.3.